The Bertz CT molecular complexity index is 438. The topological polar surface area (TPSA) is 66.8 Å². The van der Waals surface area contributed by atoms with E-state index in [-0.39, 0.29) is 24.6 Å². The highest BCUT2D eigenvalue weighted by atomic mass is 16.5. The number of esters is 1. The lowest BCUT2D eigenvalue weighted by molar-refractivity contribution is -0.230. The number of rotatable bonds is 5. The molecule has 4 rings (SSSR count). The van der Waals surface area contributed by atoms with Gasteiger partial charge in [-0.2, -0.15) is 0 Å². The highest BCUT2D eigenvalue weighted by Crippen LogP contribution is 2.68. The molecule has 0 aromatic heterocycles. The summed E-state index contributed by atoms with van der Waals surface area (Å²) < 4.78 is 5.49. The van der Waals surface area contributed by atoms with Gasteiger partial charge in [-0.3, -0.25) is 0 Å². The van der Waals surface area contributed by atoms with Gasteiger partial charge < -0.3 is 14.9 Å². The number of carbonyl (C=O) groups excluding carboxylic acids is 1. The van der Waals surface area contributed by atoms with Gasteiger partial charge in [0, 0.05) is 16.4 Å². The second-order valence-electron chi connectivity index (χ2n) is 7.65. The van der Waals surface area contributed by atoms with Crippen molar-refractivity contribution >= 4 is 5.97 Å². The maximum atomic E-state index is 11.8. The Labute approximate surface area is 126 Å². The van der Waals surface area contributed by atoms with Crippen LogP contribution in [0.15, 0.2) is 12.2 Å². The lowest BCUT2D eigenvalue weighted by atomic mass is 9.39. The molecule has 4 heteroatoms. The van der Waals surface area contributed by atoms with E-state index in [9.17, 15) is 15.0 Å². The summed E-state index contributed by atoms with van der Waals surface area (Å²) in [4.78, 5) is 11.8. The number of carbonyl (C=O) groups is 1. The molecule has 2 atom stereocenters. The summed E-state index contributed by atoms with van der Waals surface area (Å²) in [5.41, 5.74) is -0.343. The fraction of sp³-hybridized carbons (Fsp3) is 0.824. The third-order valence-corrected chi connectivity index (χ3v) is 6.49. The van der Waals surface area contributed by atoms with Gasteiger partial charge in [-0.1, -0.05) is 6.58 Å². The van der Waals surface area contributed by atoms with Gasteiger partial charge >= 0.3 is 5.97 Å². The molecule has 0 spiro atoms. The van der Waals surface area contributed by atoms with Gasteiger partial charge in [0.1, 0.15) is 0 Å². The van der Waals surface area contributed by atoms with E-state index >= 15 is 0 Å². The summed E-state index contributed by atoms with van der Waals surface area (Å²) in [5, 5.41) is 20.1. The molecule has 0 saturated heterocycles. The molecule has 0 radical (unpaired) electrons. The Morgan fingerprint density at radius 2 is 1.76 bits per heavy atom. The summed E-state index contributed by atoms with van der Waals surface area (Å²) >= 11 is 0. The van der Waals surface area contributed by atoms with Gasteiger partial charge in [0.25, 0.3) is 0 Å². The number of aliphatic hydroxyl groups excluding tert-OH is 2. The van der Waals surface area contributed by atoms with Crippen molar-refractivity contribution in [3.05, 3.63) is 12.2 Å². The van der Waals surface area contributed by atoms with Crippen molar-refractivity contribution in [3.63, 3.8) is 0 Å². The molecular weight excluding hydrogens is 268 g/mol. The minimum atomic E-state index is -0.490. The predicted octanol–water partition coefficient (Wildman–Crippen LogP) is 1.90. The summed E-state index contributed by atoms with van der Waals surface area (Å²) in [5.74, 6) is 1.33. The molecule has 4 aliphatic rings. The molecule has 2 unspecified atom stereocenters. The average Bonchev–Trinajstić information content (AvgIpc) is 2.45. The molecule has 4 bridgehead atoms. The fourth-order valence-electron chi connectivity index (χ4n) is 5.61. The van der Waals surface area contributed by atoms with Crippen LogP contribution in [0.4, 0.5) is 0 Å². The van der Waals surface area contributed by atoms with E-state index in [2.05, 4.69) is 6.58 Å². The van der Waals surface area contributed by atoms with Gasteiger partial charge in [0.05, 0.1) is 19.8 Å². The third-order valence-electron chi connectivity index (χ3n) is 6.49. The number of hydrogen-bond donors (Lipinski definition) is 2. The molecule has 2 N–H and O–H groups in total. The summed E-state index contributed by atoms with van der Waals surface area (Å²) in [7, 11) is 0. The van der Waals surface area contributed by atoms with Gasteiger partial charge in [-0.15, -0.1) is 0 Å². The smallest absolute Gasteiger partial charge is 0.333 e. The lowest BCUT2D eigenvalue weighted by Crippen LogP contribution is -2.64. The molecule has 0 heterocycles. The molecular formula is C17H26O4. The van der Waals surface area contributed by atoms with Crippen LogP contribution in [0.25, 0.3) is 0 Å². The maximum absolute atomic E-state index is 11.8. The zero-order chi connectivity index (χ0) is 15.3. The molecule has 4 fully saturated rings. The lowest BCUT2D eigenvalue weighted by Gasteiger charge is -2.66. The van der Waals surface area contributed by atoms with Crippen molar-refractivity contribution < 1.29 is 19.7 Å². The van der Waals surface area contributed by atoms with Crippen molar-refractivity contribution in [2.75, 3.05) is 19.8 Å². The van der Waals surface area contributed by atoms with E-state index in [1.807, 2.05) is 0 Å². The van der Waals surface area contributed by atoms with Crippen LogP contribution in [-0.4, -0.2) is 36.0 Å². The first-order valence-corrected chi connectivity index (χ1v) is 8.01. The minimum absolute atomic E-state index is 0.0156. The van der Waals surface area contributed by atoms with Crippen molar-refractivity contribution in [1.29, 1.82) is 0 Å². The van der Waals surface area contributed by atoms with Crippen LogP contribution in [0.1, 0.15) is 39.0 Å². The van der Waals surface area contributed by atoms with Crippen LogP contribution in [0.5, 0.6) is 0 Å². The largest absolute Gasteiger partial charge is 0.462 e. The number of aliphatic hydroxyl groups is 2. The quantitative estimate of drug-likeness (QED) is 0.600. The zero-order valence-corrected chi connectivity index (χ0v) is 12.8. The Hall–Kier alpha value is -0.870. The van der Waals surface area contributed by atoms with Gasteiger partial charge in [0.2, 0.25) is 0 Å². The molecule has 4 nitrogen and oxygen atoms in total. The first-order chi connectivity index (χ1) is 9.96. The first-order valence-electron chi connectivity index (χ1n) is 8.01. The summed E-state index contributed by atoms with van der Waals surface area (Å²) in [6.45, 7) is 5.55. The van der Waals surface area contributed by atoms with Crippen LogP contribution in [0.3, 0.4) is 0 Å². The minimum Gasteiger partial charge on any atom is -0.462 e. The van der Waals surface area contributed by atoms with Gasteiger partial charge in [-0.05, 0) is 56.8 Å². The Balaban J connectivity index is 1.88. The van der Waals surface area contributed by atoms with Crippen LogP contribution in [-0.2, 0) is 9.53 Å². The molecule has 21 heavy (non-hydrogen) atoms. The zero-order valence-electron chi connectivity index (χ0n) is 12.8. The van der Waals surface area contributed by atoms with E-state index in [1.54, 1.807) is 6.92 Å². The summed E-state index contributed by atoms with van der Waals surface area (Å²) in [6.07, 6.45) is 5.40. The van der Waals surface area contributed by atoms with E-state index in [0.717, 1.165) is 25.7 Å². The van der Waals surface area contributed by atoms with Crippen molar-refractivity contribution in [3.8, 4) is 0 Å². The Kier molecular flexibility index (Phi) is 3.65. The van der Waals surface area contributed by atoms with Crippen molar-refractivity contribution in [1.82, 2.24) is 0 Å². The monoisotopic (exact) mass is 294 g/mol. The van der Waals surface area contributed by atoms with Gasteiger partial charge in [0.15, 0.2) is 0 Å². The molecule has 0 amide bonds. The van der Waals surface area contributed by atoms with Gasteiger partial charge in [-0.25, -0.2) is 4.79 Å². The van der Waals surface area contributed by atoms with Crippen LogP contribution in [0, 0.1) is 28.6 Å². The van der Waals surface area contributed by atoms with Crippen LogP contribution < -0.4 is 0 Å². The third kappa shape index (κ3) is 2.07. The molecule has 0 aromatic rings. The molecule has 4 aliphatic carbocycles. The van der Waals surface area contributed by atoms with Crippen LogP contribution in [0.2, 0.25) is 0 Å². The predicted molar refractivity (Wildman–Crippen MR) is 78.4 cm³/mol. The normalized spacial score (nSPS) is 39.3. The molecule has 0 aromatic carbocycles. The molecule has 0 aliphatic heterocycles. The van der Waals surface area contributed by atoms with E-state index < -0.39 is 5.41 Å². The first kappa shape index (κ1) is 15.0. The van der Waals surface area contributed by atoms with E-state index in [1.165, 1.54) is 6.42 Å². The van der Waals surface area contributed by atoms with E-state index in [4.69, 9.17) is 4.74 Å². The average molecular weight is 294 g/mol. The maximum Gasteiger partial charge on any atom is 0.333 e. The highest BCUT2D eigenvalue weighted by molar-refractivity contribution is 5.86. The number of ether oxygens (including phenoxy) is 1. The fourth-order valence-corrected chi connectivity index (χ4v) is 5.61. The van der Waals surface area contributed by atoms with Crippen LogP contribution >= 0.6 is 0 Å². The second kappa shape index (κ2) is 5.10. The second-order valence-corrected chi connectivity index (χ2v) is 7.65. The van der Waals surface area contributed by atoms with Crippen molar-refractivity contribution in [2.24, 2.45) is 28.6 Å². The molecule has 118 valence electrons. The standard InChI is InChI=1S/C17H26O4/c1-11(2)15(20)21-10-16-6-12-3-13(7-16)5-14(4-12)17(16,8-18)9-19/h12-14,18-19H,1,3-10H2,2H3. The Morgan fingerprint density at radius 3 is 2.24 bits per heavy atom. The SMILES string of the molecule is C=C(C)C(=O)OCC12CC3CC(CC(C3)C1(CO)CO)C2. The molecule has 4 saturated carbocycles. The highest BCUT2D eigenvalue weighted by Gasteiger charge is 2.65. The summed E-state index contributed by atoms with van der Waals surface area (Å²) in [6, 6.07) is 0. The van der Waals surface area contributed by atoms with E-state index in [0.29, 0.717) is 29.9 Å². The number of hydrogen-bond acceptors (Lipinski definition) is 4. The van der Waals surface area contributed by atoms with Crippen molar-refractivity contribution in [2.45, 2.75) is 39.0 Å². The Morgan fingerprint density at radius 1 is 1.19 bits per heavy atom.